The number of methoxy groups -OCH3 is 1. The first kappa shape index (κ1) is 13.5. The second-order valence-corrected chi connectivity index (χ2v) is 5.04. The van der Waals surface area contributed by atoms with Crippen molar-refractivity contribution in [2.45, 2.75) is 32.6 Å². The van der Waals surface area contributed by atoms with Crippen molar-refractivity contribution in [3.63, 3.8) is 0 Å². The molecule has 0 unspecified atom stereocenters. The Morgan fingerprint density at radius 2 is 2.06 bits per heavy atom. The van der Waals surface area contributed by atoms with Gasteiger partial charge in [-0.05, 0) is 58.4 Å². The lowest BCUT2D eigenvalue weighted by Gasteiger charge is -2.14. The molecule has 0 amide bonds. The van der Waals surface area contributed by atoms with Crippen molar-refractivity contribution in [3.05, 3.63) is 27.7 Å². The Hall–Kier alpha value is -0.540. The molecule has 0 aliphatic heterocycles. The molecule has 1 aromatic carbocycles. The SMILES string of the molecule is COc1cc(C(C)C)cc(CCCN)c1Br. The number of rotatable bonds is 5. The zero-order chi connectivity index (χ0) is 12.1. The van der Waals surface area contributed by atoms with Crippen LogP contribution in [0, 0.1) is 0 Å². The van der Waals surface area contributed by atoms with Gasteiger partial charge in [0.2, 0.25) is 0 Å². The maximum absolute atomic E-state index is 5.55. The molecule has 0 heterocycles. The molecule has 0 aliphatic rings. The number of hydrogen-bond donors (Lipinski definition) is 1. The topological polar surface area (TPSA) is 35.2 Å². The third-order valence-corrected chi connectivity index (χ3v) is 3.57. The van der Waals surface area contributed by atoms with E-state index < -0.39 is 0 Å². The van der Waals surface area contributed by atoms with Gasteiger partial charge >= 0.3 is 0 Å². The number of halogens is 1. The molecular weight excluding hydrogens is 266 g/mol. The Morgan fingerprint density at radius 3 is 2.56 bits per heavy atom. The third-order valence-electron chi connectivity index (χ3n) is 2.67. The number of benzene rings is 1. The van der Waals surface area contributed by atoms with E-state index in [0.29, 0.717) is 5.92 Å². The van der Waals surface area contributed by atoms with E-state index >= 15 is 0 Å². The Morgan fingerprint density at radius 1 is 1.38 bits per heavy atom. The van der Waals surface area contributed by atoms with E-state index in [2.05, 4.69) is 41.9 Å². The maximum Gasteiger partial charge on any atom is 0.133 e. The Labute approximate surface area is 106 Å². The van der Waals surface area contributed by atoms with E-state index in [-0.39, 0.29) is 0 Å². The zero-order valence-corrected chi connectivity index (χ0v) is 11.8. The molecule has 0 saturated carbocycles. The van der Waals surface area contributed by atoms with E-state index in [9.17, 15) is 0 Å². The fourth-order valence-corrected chi connectivity index (χ4v) is 2.22. The molecule has 0 saturated heterocycles. The molecule has 0 aliphatic carbocycles. The zero-order valence-electron chi connectivity index (χ0n) is 10.2. The summed E-state index contributed by atoms with van der Waals surface area (Å²) in [4.78, 5) is 0. The average molecular weight is 286 g/mol. The van der Waals surface area contributed by atoms with Crippen molar-refractivity contribution in [2.24, 2.45) is 5.73 Å². The summed E-state index contributed by atoms with van der Waals surface area (Å²) in [5.74, 6) is 1.43. The van der Waals surface area contributed by atoms with Crippen LogP contribution in [0.3, 0.4) is 0 Å². The molecule has 3 heteroatoms. The van der Waals surface area contributed by atoms with E-state index in [1.54, 1.807) is 7.11 Å². The number of nitrogens with two attached hydrogens (primary N) is 1. The van der Waals surface area contributed by atoms with Crippen molar-refractivity contribution in [3.8, 4) is 5.75 Å². The quantitative estimate of drug-likeness (QED) is 0.899. The van der Waals surface area contributed by atoms with Gasteiger partial charge in [-0.25, -0.2) is 0 Å². The fourth-order valence-electron chi connectivity index (χ4n) is 1.64. The summed E-state index contributed by atoms with van der Waals surface area (Å²) in [6.45, 7) is 5.10. The second-order valence-electron chi connectivity index (χ2n) is 4.24. The molecule has 2 N–H and O–H groups in total. The first-order chi connectivity index (χ1) is 7.60. The van der Waals surface area contributed by atoms with Crippen LogP contribution < -0.4 is 10.5 Å². The predicted octanol–water partition coefficient (Wildman–Crippen LogP) is 3.47. The lowest BCUT2D eigenvalue weighted by atomic mass is 9.98. The molecule has 0 bridgehead atoms. The van der Waals surface area contributed by atoms with Gasteiger partial charge in [0.25, 0.3) is 0 Å². The monoisotopic (exact) mass is 285 g/mol. The highest BCUT2D eigenvalue weighted by molar-refractivity contribution is 9.10. The summed E-state index contributed by atoms with van der Waals surface area (Å²) in [6.07, 6.45) is 2.00. The molecular formula is C13H20BrNO. The molecule has 0 atom stereocenters. The molecule has 1 rings (SSSR count). The van der Waals surface area contributed by atoms with E-state index in [1.165, 1.54) is 11.1 Å². The highest BCUT2D eigenvalue weighted by Gasteiger charge is 2.10. The van der Waals surface area contributed by atoms with Gasteiger partial charge in [0.05, 0.1) is 11.6 Å². The van der Waals surface area contributed by atoms with E-state index in [4.69, 9.17) is 10.5 Å². The molecule has 0 aromatic heterocycles. The smallest absolute Gasteiger partial charge is 0.133 e. The van der Waals surface area contributed by atoms with Gasteiger partial charge in [-0.3, -0.25) is 0 Å². The largest absolute Gasteiger partial charge is 0.496 e. The van der Waals surface area contributed by atoms with Crippen molar-refractivity contribution in [2.75, 3.05) is 13.7 Å². The molecule has 16 heavy (non-hydrogen) atoms. The Kier molecular flexibility index (Phi) is 5.29. The average Bonchev–Trinajstić information content (AvgIpc) is 2.27. The van der Waals surface area contributed by atoms with Gasteiger partial charge in [-0.2, -0.15) is 0 Å². The first-order valence-corrected chi connectivity index (χ1v) is 6.45. The Balaban J connectivity index is 3.08. The van der Waals surface area contributed by atoms with Crippen molar-refractivity contribution >= 4 is 15.9 Å². The van der Waals surface area contributed by atoms with Crippen molar-refractivity contribution in [1.82, 2.24) is 0 Å². The highest BCUT2D eigenvalue weighted by atomic mass is 79.9. The molecule has 90 valence electrons. The normalized spacial score (nSPS) is 10.9. The summed E-state index contributed by atoms with van der Waals surface area (Å²) < 4.78 is 6.44. The van der Waals surface area contributed by atoms with E-state index in [1.807, 2.05) is 0 Å². The lowest BCUT2D eigenvalue weighted by molar-refractivity contribution is 0.410. The van der Waals surface area contributed by atoms with Crippen molar-refractivity contribution in [1.29, 1.82) is 0 Å². The van der Waals surface area contributed by atoms with Gasteiger partial charge in [-0.15, -0.1) is 0 Å². The summed E-state index contributed by atoms with van der Waals surface area (Å²) >= 11 is 3.59. The van der Waals surface area contributed by atoms with Gasteiger partial charge in [0.1, 0.15) is 5.75 Å². The second kappa shape index (κ2) is 6.26. The van der Waals surface area contributed by atoms with Crippen LogP contribution in [-0.2, 0) is 6.42 Å². The summed E-state index contributed by atoms with van der Waals surface area (Å²) in [5.41, 5.74) is 8.15. The lowest BCUT2D eigenvalue weighted by Crippen LogP contribution is -2.02. The third kappa shape index (κ3) is 3.22. The van der Waals surface area contributed by atoms with Gasteiger partial charge in [0.15, 0.2) is 0 Å². The number of ether oxygens (including phenoxy) is 1. The number of aryl methyl sites for hydroxylation is 1. The van der Waals surface area contributed by atoms with Crippen LogP contribution in [0.25, 0.3) is 0 Å². The first-order valence-electron chi connectivity index (χ1n) is 5.66. The van der Waals surface area contributed by atoms with Crippen LogP contribution in [0.15, 0.2) is 16.6 Å². The minimum Gasteiger partial charge on any atom is -0.496 e. The van der Waals surface area contributed by atoms with Crippen LogP contribution in [0.2, 0.25) is 0 Å². The summed E-state index contributed by atoms with van der Waals surface area (Å²) in [7, 11) is 1.71. The Bertz CT molecular complexity index is 350. The number of hydrogen-bond acceptors (Lipinski definition) is 2. The minimum atomic E-state index is 0.513. The molecule has 0 fully saturated rings. The van der Waals surface area contributed by atoms with Gasteiger partial charge in [0, 0.05) is 0 Å². The summed E-state index contributed by atoms with van der Waals surface area (Å²) in [5, 5.41) is 0. The fraction of sp³-hybridized carbons (Fsp3) is 0.538. The van der Waals surface area contributed by atoms with Crippen LogP contribution in [0.4, 0.5) is 0 Å². The van der Waals surface area contributed by atoms with Crippen LogP contribution in [0.5, 0.6) is 5.75 Å². The predicted molar refractivity (Wildman–Crippen MR) is 72.2 cm³/mol. The molecule has 0 spiro atoms. The standard InChI is InChI=1S/C13H20BrNO/c1-9(2)11-7-10(5-4-6-15)13(14)12(8-11)16-3/h7-9H,4-6,15H2,1-3H3. The summed E-state index contributed by atoms with van der Waals surface area (Å²) in [6, 6.07) is 4.34. The van der Waals surface area contributed by atoms with Crippen LogP contribution >= 0.6 is 15.9 Å². The van der Waals surface area contributed by atoms with Crippen LogP contribution in [-0.4, -0.2) is 13.7 Å². The molecule has 0 radical (unpaired) electrons. The van der Waals surface area contributed by atoms with Gasteiger partial charge < -0.3 is 10.5 Å². The van der Waals surface area contributed by atoms with Crippen molar-refractivity contribution < 1.29 is 4.74 Å². The van der Waals surface area contributed by atoms with Crippen LogP contribution in [0.1, 0.15) is 37.3 Å². The highest BCUT2D eigenvalue weighted by Crippen LogP contribution is 2.33. The minimum absolute atomic E-state index is 0.513. The molecule has 2 nitrogen and oxygen atoms in total. The van der Waals surface area contributed by atoms with E-state index in [0.717, 1.165) is 29.6 Å². The van der Waals surface area contributed by atoms with Gasteiger partial charge in [-0.1, -0.05) is 19.9 Å². The molecule has 1 aromatic rings. The maximum atomic E-state index is 5.55.